The van der Waals surface area contributed by atoms with Gasteiger partial charge in [0.2, 0.25) is 0 Å². The molecule has 0 aromatic heterocycles. The van der Waals surface area contributed by atoms with Crippen molar-refractivity contribution in [2.75, 3.05) is 5.32 Å². The minimum atomic E-state index is -2.30. The summed E-state index contributed by atoms with van der Waals surface area (Å²) in [4.78, 5) is 35.4. The smallest absolute Gasteiger partial charge is 0.282 e. The van der Waals surface area contributed by atoms with Gasteiger partial charge in [-0.1, -0.05) is 41.4 Å². The fraction of sp³-hybridized carbons (Fsp3) is 0.0833. The number of rotatable bonds is 3. The molecule has 2 rings (SSSR count). The van der Waals surface area contributed by atoms with Crippen molar-refractivity contribution in [1.82, 2.24) is 4.90 Å². The highest BCUT2D eigenvalue weighted by atomic mass is 35.5. The number of halogens is 2. The molecular formula is C12H8Cl2N2O3. The lowest BCUT2D eigenvalue weighted by molar-refractivity contribution is -0.142. The van der Waals surface area contributed by atoms with E-state index in [2.05, 4.69) is 5.32 Å². The summed E-state index contributed by atoms with van der Waals surface area (Å²) >= 11 is 11.7. The van der Waals surface area contributed by atoms with Crippen LogP contribution in [0.15, 0.2) is 42.5 Å². The Labute approximate surface area is 118 Å². The summed E-state index contributed by atoms with van der Waals surface area (Å²) in [5, 5.41) is 2.42. The van der Waals surface area contributed by atoms with Gasteiger partial charge in [-0.2, -0.15) is 0 Å². The Hall–Kier alpha value is -1.85. The molecule has 1 aliphatic heterocycles. The molecule has 0 saturated heterocycles. The number of para-hydroxylation sites is 1. The van der Waals surface area contributed by atoms with E-state index in [1.165, 1.54) is 0 Å². The van der Waals surface area contributed by atoms with Crippen LogP contribution >= 0.6 is 23.2 Å². The lowest BCUT2D eigenvalue weighted by Crippen LogP contribution is -2.51. The van der Waals surface area contributed by atoms with Crippen LogP contribution < -0.4 is 5.32 Å². The van der Waals surface area contributed by atoms with Gasteiger partial charge in [-0.15, -0.1) is 0 Å². The van der Waals surface area contributed by atoms with Crippen LogP contribution in [0.3, 0.4) is 0 Å². The third-order valence-corrected chi connectivity index (χ3v) is 3.08. The van der Waals surface area contributed by atoms with Crippen molar-refractivity contribution >= 4 is 46.6 Å². The first-order valence-corrected chi connectivity index (χ1v) is 5.99. The molecule has 0 saturated carbocycles. The number of imide groups is 1. The highest BCUT2D eigenvalue weighted by molar-refractivity contribution is 6.60. The van der Waals surface area contributed by atoms with Gasteiger partial charge in [0.1, 0.15) is 0 Å². The molecule has 1 aromatic carbocycles. The number of carbonyl (C=O) groups excluding carboxylic acids is 3. The lowest BCUT2D eigenvalue weighted by atomic mass is 10.3. The first-order chi connectivity index (χ1) is 8.93. The fourth-order valence-electron chi connectivity index (χ4n) is 1.51. The van der Waals surface area contributed by atoms with E-state index in [4.69, 9.17) is 23.2 Å². The molecule has 5 nitrogen and oxygen atoms in total. The number of nitrogens with zero attached hydrogens (tertiary/aromatic N) is 1. The van der Waals surface area contributed by atoms with Crippen molar-refractivity contribution in [1.29, 1.82) is 0 Å². The third-order valence-electron chi connectivity index (χ3n) is 2.39. The molecule has 1 heterocycles. The summed E-state index contributed by atoms with van der Waals surface area (Å²) in [6.45, 7) is 0. The van der Waals surface area contributed by atoms with Crippen LogP contribution in [-0.4, -0.2) is 27.1 Å². The summed E-state index contributed by atoms with van der Waals surface area (Å²) < 4.78 is -2.30. The van der Waals surface area contributed by atoms with Crippen molar-refractivity contribution in [3.8, 4) is 0 Å². The SMILES string of the molecule is O=C1C=CC(=O)N1C(Cl)(Cl)C(=O)Nc1ccccc1. The van der Waals surface area contributed by atoms with E-state index in [0.717, 1.165) is 12.2 Å². The second-order valence-electron chi connectivity index (χ2n) is 3.71. The van der Waals surface area contributed by atoms with E-state index >= 15 is 0 Å². The van der Waals surface area contributed by atoms with Crippen LogP contribution in [-0.2, 0) is 14.4 Å². The van der Waals surface area contributed by atoms with E-state index in [-0.39, 0.29) is 0 Å². The molecule has 7 heteroatoms. The minimum absolute atomic E-state index is 0.449. The van der Waals surface area contributed by atoms with Gasteiger partial charge in [0, 0.05) is 17.8 Å². The van der Waals surface area contributed by atoms with Gasteiger partial charge in [-0.25, -0.2) is 4.90 Å². The predicted octanol–water partition coefficient (Wildman–Crippen LogP) is 1.68. The van der Waals surface area contributed by atoms with Crippen molar-refractivity contribution in [3.05, 3.63) is 42.5 Å². The molecule has 0 spiro atoms. The molecule has 3 amide bonds. The number of hydrogen-bond donors (Lipinski definition) is 1. The zero-order valence-corrected chi connectivity index (χ0v) is 11.0. The van der Waals surface area contributed by atoms with E-state index in [1.54, 1.807) is 30.3 Å². The normalized spacial score (nSPS) is 14.9. The summed E-state index contributed by atoms with van der Waals surface area (Å²) in [5.41, 5.74) is 0.449. The monoisotopic (exact) mass is 298 g/mol. The van der Waals surface area contributed by atoms with Crippen molar-refractivity contribution in [2.45, 2.75) is 4.46 Å². The maximum atomic E-state index is 12.0. The second kappa shape index (κ2) is 5.03. The minimum Gasteiger partial charge on any atom is -0.322 e. The summed E-state index contributed by atoms with van der Waals surface area (Å²) in [5.74, 6) is -2.36. The van der Waals surface area contributed by atoms with E-state index in [1.807, 2.05) is 0 Å². The van der Waals surface area contributed by atoms with Gasteiger partial charge in [0.25, 0.3) is 22.2 Å². The lowest BCUT2D eigenvalue weighted by Gasteiger charge is -2.27. The molecule has 98 valence electrons. The molecule has 0 bridgehead atoms. The van der Waals surface area contributed by atoms with Gasteiger partial charge < -0.3 is 5.32 Å². The van der Waals surface area contributed by atoms with E-state index < -0.39 is 22.2 Å². The highest BCUT2D eigenvalue weighted by Crippen LogP contribution is 2.30. The van der Waals surface area contributed by atoms with E-state index in [0.29, 0.717) is 10.6 Å². The maximum Gasteiger partial charge on any atom is 0.282 e. The highest BCUT2D eigenvalue weighted by Gasteiger charge is 2.47. The number of amides is 3. The van der Waals surface area contributed by atoms with Crippen LogP contribution in [0.4, 0.5) is 5.69 Å². The van der Waals surface area contributed by atoms with Crippen LogP contribution in [0.1, 0.15) is 0 Å². The number of alkyl halides is 2. The van der Waals surface area contributed by atoms with E-state index in [9.17, 15) is 14.4 Å². The molecule has 0 fully saturated rings. The molecule has 0 radical (unpaired) electrons. The first kappa shape index (κ1) is 13.6. The van der Waals surface area contributed by atoms with Crippen molar-refractivity contribution < 1.29 is 14.4 Å². The number of anilines is 1. The Bertz CT molecular complexity index is 552. The molecular weight excluding hydrogens is 291 g/mol. The molecule has 1 aliphatic rings. The Morgan fingerprint density at radius 1 is 1.05 bits per heavy atom. The maximum absolute atomic E-state index is 12.0. The summed E-state index contributed by atoms with van der Waals surface area (Å²) in [6.07, 6.45) is 2.00. The number of nitrogens with one attached hydrogen (secondary N) is 1. The Kier molecular flexibility index (Phi) is 3.59. The molecule has 1 aromatic rings. The van der Waals surface area contributed by atoms with Crippen LogP contribution in [0.5, 0.6) is 0 Å². The van der Waals surface area contributed by atoms with Gasteiger partial charge in [-0.3, -0.25) is 14.4 Å². The molecule has 0 atom stereocenters. The molecule has 1 N–H and O–H groups in total. The third kappa shape index (κ3) is 2.62. The van der Waals surface area contributed by atoms with Gasteiger partial charge in [0.15, 0.2) is 0 Å². The topological polar surface area (TPSA) is 66.5 Å². The van der Waals surface area contributed by atoms with Crippen molar-refractivity contribution in [2.24, 2.45) is 0 Å². The van der Waals surface area contributed by atoms with Crippen LogP contribution in [0, 0.1) is 0 Å². The van der Waals surface area contributed by atoms with Crippen LogP contribution in [0.2, 0.25) is 0 Å². The van der Waals surface area contributed by atoms with Gasteiger partial charge in [0.05, 0.1) is 0 Å². The average Bonchev–Trinajstić information content (AvgIpc) is 2.70. The Morgan fingerprint density at radius 3 is 2.11 bits per heavy atom. The zero-order valence-electron chi connectivity index (χ0n) is 9.47. The summed E-state index contributed by atoms with van der Waals surface area (Å²) in [7, 11) is 0. The first-order valence-electron chi connectivity index (χ1n) is 5.23. The molecule has 19 heavy (non-hydrogen) atoms. The zero-order chi connectivity index (χ0) is 14.0. The Balaban J connectivity index is 2.18. The number of benzene rings is 1. The number of hydrogen-bond acceptors (Lipinski definition) is 3. The second-order valence-corrected chi connectivity index (χ2v) is 4.99. The fourth-order valence-corrected chi connectivity index (χ4v) is 1.93. The van der Waals surface area contributed by atoms with Gasteiger partial charge >= 0.3 is 0 Å². The van der Waals surface area contributed by atoms with Crippen molar-refractivity contribution in [3.63, 3.8) is 0 Å². The standard InChI is InChI=1S/C12H8Cl2N2O3/c13-12(14,16-9(17)6-7-10(16)18)11(19)15-8-4-2-1-3-5-8/h1-7H,(H,15,19). The summed E-state index contributed by atoms with van der Waals surface area (Å²) in [6, 6.07) is 8.41. The molecule has 0 unspecified atom stereocenters. The molecule has 0 aliphatic carbocycles. The average molecular weight is 299 g/mol. The van der Waals surface area contributed by atoms with Gasteiger partial charge in [-0.05, 0) is 12.1 Å². The van der Waals surface area contributed by atoms with Crippen LogP contribution in [0.25, 0.3) is 0 Å². The Morgan fingerprint density at radius 2 is 1.58 bits per heavy atom. The largest absolute Gasteiger partial charge is 0.322 e. The predicted molar refractivity (Wildman–Crippen MR) is 70.5 cm³/mol. The quantitative estimate of drug-likeness (QED) is 0.524. The number of carbonyl (C=O) groups is 3.